The highest BCUT2D eigenvalue weighted by Crippen LogP contribution is 2.24. The van der Waals surface area contributed by atoms with E-state index in [1.54, 1.807) is 17.0 Å². The molecule has 1 heterocycles. The molecule has 0 spiro atoms. The molecule has 0 saturated carbocycles. The molecule has 0 aliphatic carbocycles. The third-order valence-electron chi connectivity index (χ3n) is 4.35. The maximum absolute atomic E-state index is 12.3. The topological polar surface area (TPSA) is 114 Å². The van der Waals surface area contributed by atoms with Crippen LogP contribution in [0.4, 0.5) is 16.2 Å². The van der Waals surface area contributed by atoms with Crippen LogP contribution >= 0.6 is 0 Å². The Balaban J connectivity index is 1.56. The second-order valence-electron chi connectivity index (χ2n) is 6.37. The summed E-state index contributed by atoms with van der Waals surface area (Å²) < 4.78 is 5.41. The number of nitrogens with zero attached hydrogens (tertiary/aromatic N) is 1. The van der Waals surface area contributed by atoms with Gasteiger partial charge in [-0.05, 0) is 55.5 Å². The molecule has 1 aliphatic heterocycles. The van der Waals surface area contributed by atoms with E-state index in [1.807, 2.05) is 31.2 Å². The molecule has 1 atom stereocenters. The Labute approximate surface area is 162 Å². The zero-order valence-corrected chi connectivity index (χ0v) is 15.5. The predicted molar refractivity (Wildman–Crippen MR) is 105 cm³/mol. The average Bonchev–Trinajstić information content (AvgIpc) is 3.03. The Morgan fingerprint density at radius 2 is 1.82 bits per heavy atom. The molecule has 4 N–H and O–H groups in total. The first-order valence-electron chi connectivity index (χ1n) is 8.97. The number of nitrogens with one attached hydrogen (secondary N) is 2. The molecule has 1 fully saturated rings. The van der Waals surface area contributed by atoms with Crippen LogP contribution in [0.1, 0.15) is 23.7 Å². The first-order chi connectivity index (χ1) is 13.5. The summed E-state index contributed by atoms with van der Waals surface area (Å²) in [4.78, 5) is 37.2. The van der Waals surface area contributed by atoms with E-state index in [0.29, 0.717) is 24.4 Å². The minimum Gasteiger partial charge on any atom is -0.494 e. The van der Waals surface area contributed by atoms with Crippen LogP contribution in [0.25, 0.3) is 0 Å². The van der Waals surface area contributed by atoms with Gasteiger partial charge in [-0.2, -0.15) is 0 Å². The summed E-state index contributed by atoms with van der Waals surface area (Å²) in [5.41, 5.74) is 6.84. The quantitative estimate of drug-likeness (QED) is 0.710. The molecule has 2 aromatic rings. The first kappa shape index (κ1) is 19.2. The van der Waals surface area contributed by atoms with Crippen LogP contribution in [-0.2, 0) is 4.79 Å². The van der Waals surface area contributed by atoms with Crippen molar-refractivity contribution in [3.63, 3.8) is 0 Å². The molecular weight excluding hydrogens is 360 g/mol. The molecule has 0 aromatic heterocycles. The fourth-order valence-corrected chi connectivity index (χ4v) is 3.01. The zero-order valence-electron chi connectivity index (χ0n) is 15.5. The van der Waals surface area contributed by atoms with Crippen LogP contribution in [0, 0.1) is 0 Å². The van der Waals surface area contributed by atoms with Crippen molar-refractivity contribution in [3.8, 4) is 5.75 Å². The van der Waals surface area contributed by atoms with Crippen molar-refractivity contribution in [2.45, 2.75) is 19.4 Å². The number of nitrogens with two attached hydrogens (primary N) is 1. The lowest BCUT2D eigenvalue weighted by atomic mass is 10.2. The molecule has 1 saturated heterocycles. The van der Waals surface area contributed by atoms with Gasteiger partial charge in [0.05, 0.1) is 12.6 Å². The Kier molecular flexibility index (Phi) is 5.78. The van der Waals surface area contributed by atoms with E-state index in [2.05, 4.69) is 10.6 Å². The van der Waals surface area contributed by atoms with Gasteiger partial charge in [-0.25, -0.2) is 4.79 Å². The second kappa shape index (κ2) is 8.43. The molecule has 1 aliphatic rings. The molecule has 146 valence electrons. The van der Waals surface area contributed by atoms with E-state index in [4.69, 9.17) is 10.5 Å². The van der Waals surface area contributed by atoms with E-state index in [9.17, 15) is 14.4 Å². The van der Waals surface area contributed by atoms with E-state index < -0.39 is 11.9 Å². The van der Waals surface area contributed by atoms with Crippen LogP contribution in [0.3, 0.4) is 0 Å². The van der Waals surface area contributed by atoms with Gasteiger partial charge in [-0.15, -0.1) is 0 Å². The maximum Gasteiger partial charge on any atom is 0.319 e. The minimum absolute atomic E-state index is 0.0553. The number of benzene rings is 2. The summed E-state index contributed by atoms with van der Waals surface area (Å²) in [6, 6.07) is 12.8. The molecule has 8 nitrogen and oxygen atoms in total. The summed E-state index contributed by atoms with van der Waals surface area (Å²) in [5.74, 6) is 0.157. The lowest BCUT2D eigenvalue weighted by molar-refractivity contribution is -0.117. The SMILES string of the molecule is CCOc1ccc(N2C[C@H](NC(=O)Nc3ccc(C(N)=O)cc3)CC2=O)cc1. The van der Waals surface area contributed by atoms with Crippen LogP contribution in [0.15, 0.2) is 48.5 Å². The molecule has 3 rings (SSSR count). The Morgan fingerprint density at radius 1 is 1.14 bits per heavy atom. The van der Waals surface area contributed by atoms with Crippen molar-refractivity contribution in [2.24, 2.45) is 5.73 Å². The zero-order chi connectivity index (χ0) is 20.1. The summed E-state index contributed by atoms with van der Waals surface area (Å²) >= 11 is 0. The highest BCUT2D eigenvalue weighted by atomic mass is 16.5. The van der Waals surface area contributed by atoms with E-state index in [0.717, 1.165) is 11.4 Å². The standard InChI is InChI=1S/C20H22N4O4/c1-2-28-17-9-7-16(8-10-17)24-12-15(11-18(24)25)23-20(27)22-14-5-3-13(4-6-14)19(21)26/h3-10,15H,2,11-12H2,1H3,(H2,21,26)(H2,22,23,27)/t15-/m1/s1. The number of primary amides is 1. The number of rotatable bonds is 6. The van der Waals surface area contributed by atoms with Gasteiger partial charge in [0.2, 0.25) is 11.8 Å². The van der Waals surface area contributed by atoms with E-state index >= 15 is 0 Å². The highest BCUT2D eigenvalue weighted by Gasteiger charge is 2.31. The van der Waals surface area contributed by atoms with Gasteiger partial charge in [0.25, 0.3) is 0 Å². The van der Waals surface area contributed by atoms with Crippen molar-refractivity contribution in [3.05, 3.63) is 54.1 Å². The lowest BCUT2D eigenvalue weighted by Gasteiger charge is -2.18. The third kappa shape index (κ3) is 4.59. The normalized spacial score (nSPS) is 16.0. The van der Waals surface area contributed by atoms with Crippen LogP contribution in [0.2, 0.25) is 0 Å². The molecule has 28 heavy (non-hydrogen) atoms. The molecule has 0 bridgehead atoms. The summed E-state index contributed by atoms with van der Waals surface area (Å²) in [5, 5.41) is 5.48. The smallest absolute Gasteiger partial charge is 0.319 e. The van der Waals surface area contributed by atoms with Gasteiger partial charge in [0.1, 0.15) is 5.75 Å². The summed E-state index contributed by atoms with van der Waals surface area (Å²) in [6.45, 7) is 2.88. The van der Waals surface area contributed by atoms with Gasteiger partial charge in [0, 0.05) is 29.9 Å². The van der Waals surface area contributed by atoms with Crippen molar-refractivity contribution in [1.82, 2.24) is 5.32 Å². The van der Waals surface area contributed by atoms with Crippen molar-refractivity contribution in [1.29, 1.82) is 0 Å². The largest absolute Gasteiger partial charge is 0.494 e. The highest BCUT2D eigenvalue weighted by molar-refractivity contribution is 5.98. The molecule has 2 aromatic carbocycles. The van der Waals surface area contributed by atoms with Gasteiger partial charge >= 0.3 is 6.03 Å². The maximum atomic E-state index is 12.3. The first-order valence-corrected chi connectivity index (χ1v) is 8.97. The fraction of sp³-hybridized carbons (Fsp3) is 0.250. The number of carbonyl (C=O) groups is 3. The monoisotopic (exact) mass is 382 g/mol. The predicted octanol–water partition coefficient (Wildman–Crippen LogP) is 2.11. The van der Waals surface area contributed by atoms with Crippen LogP contribution in [0.5, 0.6) is 5.75 Å². The summed E-state index contributed by atoms with van der Waals surface area (Å²) in [6.07, 6.45) is 0.223. The molecule has 4 amide bonds. The number of ether oxygens (including phenoxy) is 1. The van der Waals surface area contributed by atoms with E-state index in [-0.39, 0.29) is 18.4 Å². The number of urea groups is 1. The fourth-order valence-electron chi connectivity index (χ4n) is 3.01. The molecular formula is C20H22N4O4. The van der Waals surface area contributed by atoms with Gasteiger partial charge in [0.15, 0.2) is 0 Å². The lowest BCUT2D eigenvalue weighted by Crippen LogP contribution is -2.39. The van der Waals surface area contributed by atoms with Gasteiger partial charge in [-0.1, -0.05) is 0 Å². The number of hydrogen-bond donors (Lipinski definition) is 3. The number of amides is 4. The van der Waals surface area contributed by atoms with Gasteiger partial charge < -0.3 is 26.0 Å². The number of anilines is 2. The number of carbonyl (C=O) groups excluding carboxylic acids is 3. The van der Waals surface area contributed by atoms with Crippen molar-refractivity contribution >= 4 is 29.2 Å². The molecule has 0 radical (unpaired) electrons. The van der Waals surface area contributed by atoms with Crippen molar-refractivity contribution < 1.29 is 19.1 Å². The summed E-state index contributed by atoms with van der Waals surface area (Å²) in [7, 11) is 0. The molecule has 0 unspecified atom stereocenters. The van der Waals surface area contributed by atoms with Crippen molar-refractivity contribution in [2.75, 3.05) is 23.4 Å². The number of hydrogen-bond acceptors (Lipinski definition) is 4. The van der Waals surface area contributed by atoms with Crippen LogP contribution in [-0.4, -0.2) is 37.0 Å². The van der Waals surface area contributed by atoms with Gasteiger partial charge in [-0.3, -0.25) is 9.59 Å². The molecule has 8 heteroatoms. The minimum atomic E-state index is -0.533. The Hall–Kier alpha value is -3.55. The van der Waals surface area contributed by atoms with Crippen LogP contribution < -0.4 is 26.0 Å². The Bertz CT molecular complexity index is 865. The average molecular weight is 382 g/mol. The second-order valence-corrected chi connectivity index (χ2v) is 6.37. The third-order valence-corrected chi connectivity index (χ3v) is 4.35. The van der Waals surface area contributed by atoms with E-state index in [1.165, 1.54) is 12.1 Å². The Morgan fingerprint density at radius 3 is 2.43 bits per heavy atom.